The number of rotatable bonds is 3. The highest BCUT2D eigenvalue weighted by Gasteiger charge is 2.21. The number of nitrogen functional groups attached to an aromatic ring is 1. The summed E-state index contributed by atoms with van der Waals surface area (Å²) in [6.07, 6.45) is 6.51. The van der Waals surface area contributed by atoms with E-state index in [2.05, 4.69) is 19.9 Å². The van der Waals surface area contributed by atoms with Crippen molar-refractivity contribution in [3.8, 4) is 22.8 Å². The number of anilines is 1. The monoisotopic (exact) mass is 335 g/mol. The normalized spacial score (nSPS) is 11.1. The maximum Gasteiger partial charge on any atom is 0.271 e. The van der Waals surface area contributed by atoms with Crippen LogP contribution in [0.1, 0.15) is 16.2 Å². The first-order valence-corrected chi connectivity index (χ1v) is 7.36. The van der Waals surface area contributed by atoms with Gasteiger partial charge in [-0.1, -0.05) is 0 Å². The second-order valence-corrected chi connectivity index (χ2v) is 5.40. The molecular weight excluding hydrogens is 322 g/mol. The molecule has 0 bridgehead atoms. The number of aryl methyl sites for hydroxylation is 1. The summed E-state index contributed by atoms with van der Waals surface area (Å²) in [7, 11) is 0. The number of amides is 1. The molecule has 0 radical (unpaired) electrons. The van der Waals surface area contributed by atoms with Gasteiger partial charge in [0.2, 0.25) is 5.89 Å². The van der Waals surface area contributed by atoms with Crippen LogP contribution in [0.25, 0.3) is 28.5 Å². The fourth-order valence-electron chi connectivity index (χ4n) is 2.56. The number of oxazole rings is 1. The smallest absolute Gasteiger partial charge is 0.271 e. The van der Waals surface area contributed by atoms with Gasteiger partial charge in [-0.05, 0) is 19.1 Å². The number of hydrogen-bond acceptors (Lipinski definition) is 7. The van der Waals surface area contributed by atoms with E-state index in [1.54, 1.807) is 6.20 Å². The van der Waals surface area contributed by atoms with Crippen LogP contribution < -0.4 is 11.5 Å². The molecule has 9 nitrogen and oxygen atoms in total. The van der Waals surface area contributed by atoms with Crippen molar-refractivity contribution < 1.29 is 9.21 Å². The van der Waals surface area contributed by atoms with Gasteiger partial charge in [0.05, 0.1) is 6.20 Å². The summed E-state index contributed by atoms with van der Waals surface area (Å²) >= 11 is 0. The van der Waals surface area contributed by atoms with Gasteiger partial charge in [0.25, 0.3) is 5.91 Å². The lowest BCUT2D eigenvalue weighted by atomic mass is 10.1. The van der Waals surface area contributed by atoms with Crippen molar-refractivity contribution >= 4 is 17.4 Å². The van der Waals surface area contributed by atoms with Crippen LogP contribution in [0.4, 0.5) is 5.82 Å². The molecule has 0 fully saturated rings. The first-order valence-electron chi connectivity index (χ1n) is 7.36. The Bertz CT molecular complexity index is 1100. The van der Waals surface area contributed by atoms with E-state index in [1.807, 2.05) is 29.7 Å². The van der Waals surface area contributed by atoms with Gasteiger partial charge in [0.15, 0.2) is 17.2 Å². The zero-order valence-electron chi connectivity index (χ0n) is 13.2. The van der Waals surface area contributed by atoms with Crippen LogP contribution in [0, 0.1) is 6.92 Å². The molecule has 4 heterocycles. The number of hydrogen-bond donors (Lipinski definition) is 2. The summed E-state index contributed by atoms with van der Waals surface area (Å²) in [5.74, 6) is -0.595. The third-order valence-electron chi connectivity index (χ3n) is 3.76. The molecular formula is C16H13N7O2. The molecule has 0 aliphatic rings. The van der Waals surface area contributed by atoms with Crippen LogP contribution in [0.2, 0.25) is 0 Å². The minimum Gasteiger partial charge on any atom is -0.443 e. The molecule has 4 aromatic heterocycles. The van der Waals surface area contributed by atoms with Crippen molar-refractivity contribution in [2.75, 3.05) is 5.73 Å². The minimum atomic E-state index is -0.759. The third-order valence-corrected chi connectivity index (χ3v) is 3.76. The number of imidazole rings is 1. The van der Waals surface area contributed by atoms with Gasteiger partial charge in [-0.3, -0.25) is 4.79 Å². The summed E-state index contributed by atoms with van der Waals surface area (Å²) in [6.45, 7) is 1.93. The summed E-state index contributed by atoms with van der Waals surface area (Å²) in [6, 6.07) is 3.66. The highest BCUT2D eigenvalue weighted by Crippen LogP contribution is 2.30. The number of aromatic nitrogens is 5. The molecule has 0 aromatic carbocycles. The molecule has 124 valence electrons. The SMILES string of the molecule is Cc1cnc2ccc(-c3nc(C(N)=O)c(N)nc3-c3ncco3)cn12. The third kappa shape index (κ3) is 2.38. The van der Waals surface area contributed by atoms with Gasteiger partial charge in [-0.25, -0.2) is 19.9 Å². The molecule has 9 heteroatoms. The Morgan fingerprint density at radius 2 is 2.04 bits per heavy atom. The average Bonchev–Trinajstić information content (AvgIpc) is 3.24. The zero-order valence-corrected chi connectivity index (χ0v) is 13.2. The molecule has 0 aliphatic heterocycles. The maximum absolute atomic E-state index is 11.6. The van der Waals surface area contributed by atoms with Crippen molar-refractivity contribution in [1.29, 1.82) is 0 Å². The summed E-state index contributed by atoms with van der Waals surface area (Å²) in [5.41, 5.74) is 14.2. The minimum absolute atomic E-state index is 0.0793. The highest BCUT2D eigenvalue weighted by atomic mass is 16.3. The first-order chi connectivity index (χ1) is 12.0. The predicted molar refractivity (Wildman–Crippen MR) is 89.4 cm³/mol. The Kier molecular flexibility index (Phi) is 3.21. The average molecular weight is 335 g/mol. The lowest BCUT2D eigenvalue weighted by molar-refractivity contribution is 0.0996. The van der Waals surface area contributed by atoms with E-state index in [9.17, 15) is 4.79 Å². The van der Waals surface area contributed by atoms with Crippen LogP contribution in [-0.2, 0) is 0 Å². The van der Waals surface area contributed by atoms with E-state index in [0.717, 1.165) is 11.3 Å². The molecule has 4 N–H and O–H groups in total. The fraction of sp³-hybridized carbons (Fsp3) is 0.0625. The van der Waals surface area contributed by atoms with E-state index in [-0.39, 0.29) is 17.4 Å². The van der Waals surface area contributed by atoms with Crippen molar-refractivity contribution in [3.63, 3.8) is 0 Å². The predicted octanol–water partition coefficient (Wildman–Crippen LogP) is 1.44. The topological polar surface area (TPSA) is 138 Å². The number of carbonyl (C=O) groups is 1. The number of nitrogens with zero attached hydrogens (tertiary/aromatic N) is 5. The number of carbonyl (C=O) groups excluding carboxylic acids is 1. The van der Waals surface area contributed by atoms with Crippen LogP contribution >= 0.6 is 0 Å². The van der Waals surface area contributed by atoms with Crippen molar-refractivity contribution in [2.45, 2.75) is 6.92 Å². The Hall–Kier alpha value is -3.75. The van der Waals surface area contributed by atoms with Crippen LogP contribution in [0.3, 0.4) is 0 Å². The molecule has 0 saturated heterocycles. The maximum atomic E-state index is 11.6. The van der Waals surface area contributed by atoms with Gasteiger partial charge >= 0.3 is 0 Å². The van der Waals surface area contributed by atoms with Crippen LogP contribution in [-0.4, -0.2) is 30.2 Å². The summed E-state index contributed by atoms with van der Waals surface area (Å²) in [4.78, 5) is 28.6. The molecule has 0 aliphatic carbocycles. The van der Waals surface area contributed by atoms with Crippen molar-refractivity contribution in [3.05, 3.63) is 48.4 Å². The molecule has 0 spiro atoms. The van der Waals surface area contributed by atoms with Gasteiger partial charge in [-0.2, -0.15) is 0 Å². The van der Waals surface area contributed by atoms with Gasteiger partial charge in [0.1, 0.15) is 17.6 Å². The Labute approximate surface area is 141 Å². The van der Waals surface area contributed by atoms with E-state index in [0.29, 0.717) is 17.0 Å². The van der Waals surface area contributed by atoms with Crippen LogP contribution in [0.15, 0.2) is 41.4 Å². The quantitative estimate of drug-likeness (QED) is 0.577. The summed E-state index contributed by atoms with van der Waals surface area (Å²) in [5, 5.41) is 0. The number of primary amides is 1. The number of pyridine rings is 1. The molecule has 1 amide bonds. The first kappa shape index (κ1) is 14.8. The summed E-state index contributed by atoms with van der Waals surface area (Å²) < 4.78 is 7.23. The standard InChI is InChI=1S/C16H13N7O2/c1-8-6-20-10-3-2-9(7-23(8)10)11-12(16-19-4-5-25-16)22-14(17)13(21-11)15(18)24/h2-7H,1H3,(H2,17,22)(H2,18,24). The second kappa shape index (κ2) is 5.41. The largest absolute Gasteiger partial charge is 0.443 e. The molecule has 0 unspecified atom stereocenters. The van der Waals surface area contributed by atoms with E-state index >= 15 is 0 Å². The molecule has 4 aromatic rings. The molecule has 0 atom stereocenters. The molecule has 4 rings (SSSR count). The van der Waals surface area contributed by atoms with E-state index in [1.165, 1.54) is 12.5 Å². The number of fused-ring (bicyclic) bond motifs is 1. The van der Waals surface area contributed by atoms with E-state index in [4.69, 9.17) is 15.9 Å². The Balaban J connectivity index is 2.01. The van der Waals surface area contributed by atoms with Crippen LogP contribution in [0.5, 0.6) is 0 Å². The van der Waals surface area contributed by atoms with Crippen molar-refractivity contribution in [2.24, 2.45) is 5.73 Å². The van der Waals surface area contributed by atoms with Gasteiger partial charge in [-0.15, -0.1) is 0 Å². The van der Waals surface area contributed by atoms with Gasteiger partial charge in [0, 0.05) is 23.7 Å². The molecule has 25 heavy (non-hydrogen) atoms. The number of nitrogens with two attached hydrogens (primary N) is 2. The Morgan fingerprint density at radius 3 is 2.76 bits per heavy atom. The highest BCUT2D eigenvalue weighted by molar-refractivity contribution is 5.96. The van der Waals surface area contributed by atoms with Crippen molar-refractivity contribution in [1.82, 2.24) is 24.3 Å². The van der Waals surface area contributed by atoms with E-state index < -0.39 is 5.91 Å². The van der Waals surface area contributed by atoms with Gasteiger partial charge < -0.3 is 20.3 Å². The molecule has 0 saturated carbocycles. The Morgan fingerprint density at radius 1 is 1.20 bits per heavy atom. The fourth-order valence-corrected chi connectivity index (χ4v) is 2.56. The lowest BCUT2D eigenvalue weighted by Gasteiger charge is -2.10. The zero-order chi connectivity index (χ0) is 17.6. The second-order valence-electron chi connectivity index (χ2n) is 5.40. The lowest BCUT2D eigenvalue weighted by Crippen LogP contribution is -2.18.